The number of nitriles is 1. The smallest absolute Gasteiger partial charge is 0.252 e. The molecule has 1 aromatic heterocycles. The zero-order chi connectivity index (χ0) is 11.4. The van der Waals surface area contributed by atoms with Crippen molar-refractivity contribution in [1.29, 1.82) is 5.26 Å². The molecule has 0 saturated heterocycles. The van der Waals surface area contributed by atoms with Gasteiger partial charge >= 0.3 is 0 Å². The fourth-order valence-electron chi connectivity index (χ4n) is 1.08. The third-order valence-corrected chi connectivity index (χ3v) is 2.30. The summed E-state index contributed by atoms with van der Waals surface area (Å²) in [5.41, 5.74) is -0.549. The van der Waals surface area contributed by atoms with Crippen molar-refractivity contribution in [2.45, 2.75) is 18.2 Å². The van der Waals surface area contributed by atoms with Crippen LogP contribution < -0.4 is 0 Å². The lowest BCUT2D eigenvalue weighted by Crippen LogP contribution is -2.03. The van der Waals surface area contributed by atoms with E-state index in [-0.39, 0.29) is 23.1 Å². The maximum absolute atomic E-state index is 13.1. The van der Waals surface area contributed by atoms with Gasteiger partial charge in [0.1, 0.15) is 5.82 Å². The van der Waals surface area contributed by atoms with Crippen LogP contribution >= 0.6 is 15.9 Å². The molecular weight excluding hydrogens is 273 g/mol. The topological polar surface area (TPSA) is 36.7 Å². The van der Waals surface area contributed by atoms with Gasteiger partial charge in [-0.15, -0.1) is 0 Å². The highest BCUT2D eigenvalue weighted by Gasteiger charge is 2.17. The monoisotopic (exact) mass is 278 g/mol. The van der Waals surface area contributed by atoms with Gasteiger partial charge in [0.25, 0.3) is 6.43 Å². The minimum absolute atomic E-state index is 0.0321. The van der Waals surface area contributed by atoms with Crippen LogP contribution in [0, 0.1) is 17.1 Å². The molecule has 1 rings (SSSR count). The van der Waals surface area contributed by atoms with Crippen molar-refractivity contribution in [1.82, 2.24) is 4.98 Å². The number of rotatable bonds is 3. The Bertz CT molecular complexity index is 401. The van der Waals surface area contributed by atoms with Crippen LogP contribution in [0.1, 0.15) is 23.4 Å². The second-order valence-electron chi connectivity index (χ2n) is 2.72. The molecule has 0 radical (unpaired) electrons. The van der Waals surface area contributed by atoms with E-state index in [2.05, 4.69) is 20.9 Å². The van der Waals surface area contributed by atoms with Crippen LogP contribution in [0.4, 0.5) is 13.2 Å². The summed E-state index contributed by atoms with van der Waals surface area (Å²) < 4.78 is 38.0. The van der Waals surface area contributed by atoms with E-state index < -0.39 is 17.8 Å². The lowest BCUT2D eigenvalue weighted by atomic mass is 10.1. The summed E-state index contributed by atoms with van der Waals surface area (Å²) in [5, 5.41) is 8.54. The van der Waals surface area contributed by atoms with E-state index in [1.807, 2.05) is 0 Å². The van der Waals surface area contributed by atoms with E-state index in [0.717, 1.165) is 6.07 Å². The van der Waals surface area contributed by atoms with Gasteiger partial charge in [-0.05, 0) is 6.07 Å². The predicted octanol–water partition coefficient (Wildman–Crippen LogP) is 3.12. The molecule has 0 bridgehead atoms. The van der Waals surface area contributed by atoms with Gasteiger partial charge < -0.3 is 0 Å². The number of hydrogen-bond donors (Lipinski definition) is 0. The zero-order valence-corrected chi connectivity index (χ0v) is 9.06. The van der Waals surface area contributed by atoms with Crippen LogP contribution in [0.25, 0.3) is 0 Å². The third kappa shape index (κ3) is 2.69. The highest BCUT2D eigenvalue weighted by molar-refractivity contribution is 9.08. The second-order valence-corrected chi connectivity index (χ2v) is 3.28. The van der Waals surface area contributed by atoms with Crippen LogP contribution in [0.2, 0.25) is 0 Å². The summed E-state index contributed by atoms with van der Waals surface area (Å²) in [6, 6.07) is 2.45. The Labute approximate surface area is 92.9 Å². The molecule has 0 fully saturated rings. The molecule has 0 unspecified atom stereocenters. The summed E-state index contributed by atoms with van der Waals surface area (Å²) in [6.07, 6.45) is -3.07. The van der Waals surface area contributed by atoms with Gasteiger partial charge in [0.2, 0.25) is 0 Å². The van der Waals surface area contributed by atoms with Crippen molar-refractivity contribution in [3.8, 4) is 6.07 Å². The molecule has 0 aromatic carbocycles. The van der Waals surface area contributed by atoms with Gasteiger partial charge in [0, 0.05) is 10.9 Å². The molecule has 2 nitrogen and oxygen atoms in total. The standard InChI is InChI=1S/C9H6BrF3N2/c10-4-8-6(11)3-5(9(12)13)7(15-8)1-2-14/h3,9H,1,4H2. The SMILES string of the molecule is N#CCc1nc(CBr)c(F)cc1C(F)F. The van der Waals surface area contributed by atoms with Gasteiger partial charge in [-0.25, -0.2) is 13.2 Å². The minimum atomic E-state index is -2.82. The Hall–Kier alpha value is -1.09. The van der Waals surface area contributed by atoms with Crippen molar-refractivity contribution in [2.24, 2.45) is 0 Å². The molecule has 0 N–H and O–H groups in total. The lowest BCUT2D eigenvalue weighted by Gasteiger charge is -2.07. The predicted molar refractivity (Wildman–Crippen MR) is 51.1 cm³/mol. The summed E-state index contributed by atoms with van der Waals surface area (Å²) in [4.78, 5) is 3.68. The molecule has 0 saturated carbocycles. The van der Waals surface area contributed by atoms with E-state index in [1.165, 1.54) is 0 Å². The molecule has 80 valence electrons. The Kier molecular flexibility index (Phi) is 4.09. The van der Waals surface area contributed by atoms with E-state index in [0.29, 0.717) is 0 Å². The van der Waals surface area contributed by atoms with Crippen LogP contribution in [-0.4, -0.2) is 4.98 Å². The van der Waals surface area contributed by atoms with Crippen LogP contribution in [0.3, 0.4) is 0 Å². The molecule has 0 aliphatic carbocycles. The molecule has 0 aliphatic rings. The zero-order valence-electron chi connectivity index (χ0n) is 7.48. The second kappa shape index (κ2) is 5.12. The first kappa shape index (κ1) is 12.0. The maximum Gasteiger partial charge on any atom is 0.265 e. The highest BCUT2D eigenvalue weighted by atomic mass is 79.9. The van der Waals surface area contributed by atoms with E-state index >= 15 is 0 Å². The Morgan fingerprint density at radius 3 is 2.60 bits per heavy atom. The summed E-state index contributed by atoms with van der Waals surface area (Å²) in [7, 11) is 0. The quantitative estimate of drug-likeness (QED) is 0.797. The number of hydrogen-bond acceptors (Lipinski definition) is 2. The van der Waals surface area contributed by atoms with Gasteiger partial charge in [0.05, 0.1) is 23.9 Å². The first-order valence-electron chi connectivity index (χ1n) is 3.99. The molecule has 1 heterocycles. The molecule has 6 heteroatoms. The first-order chi connectivity index (χ1) is 7.10. The number of pyridine rings is 1. The summed E-state index contributed by atoms with van der Waals surface area (Å²) in [6.45, 7) is 0. The molecule has 15 heavy (non-hydrogen) atoms. The normalized spacial score (nSPS) is 10.4. The van der Waals surface area contributed by atoms with Crippen LogP contribution in [0.5, 0.6) is 0 Å². The third-order valence-electron chi connectivity index (χ3n) is 1.77. The van der Waals surface area contributed by atoms with Gasteiger partial charge in [-0.1, -0.05) is 15.9 Å². The molecule has 0 spiro atoms. The van der Waals surface area contributed by atoms with E-state index in [4.69, 9.17) is 5.26 Å². The Balaban J connectivity index is 3.26. The molecule has 0 atom stereocenters. The Morgan fingerprint density at radius 2 is 2.13 bits per heavy atom. The van der Waals surface area contributed by atoms with Gasteiger partial charge in [0.15, 0.2) is 0 Å². The maximum atomic E-state index is 13.1. The molecular formula is C9H6BrF3N2. The summed E-state index contributed by atoms with van der Waals surface area (Å²) >= 11 is 2.98. The van der Waals surface area contributed by atoms with Crippen molar-refractivity contribution in [2.75, 3.05) is 0 Å². The van der Waals surface area contributed by atoms with Crippen molar-refractivity contribution in [3.05, 3.63) is 28.8 Å². The number of halogens is 4. The number of aromatic nitrogens is 1. The molecule has 0 amide bonds. The Morgan fingerprint density at radius 1 is 1.47 bits per heavy atom. The minimum Gasteiger partial charge on any atom is -0.252 e. The van der Waals surface area contributed by atoms with Gasteiger partial charge in [-0.3, -0.25) is 4.98 Å². The van der Waals surface area contributed by atoms with Crippen LogP contribution in [0.15, 0.2) is 6.07 Å². The molecule has 1 aromatic rings. The lowest BCUT2D eigenvalue weighted by molar-refractivity contribution is 0.149. The van der Waals surface area contributed by atoms with Crippen LogP contribution in [-0.2, 0) is 11.8 Å². The average Bonchev–Trinajstić information content (AvgIpc) is 2.20. The van der Waals surface area contributed by atoms with E-state index in [9.17, 15) is 13.2 Å². The first-order valence-corrected chi connectivity index (χ1v) is 5.11. The van der Waals surface area contributed by atoms with Crippen molar-refractivity contribution >= 4 is 15.9 Å². The van der Waals surface area contributed by atoms with E-state index in [1.54, 1.807) is 6.07 Å². The number of alkyl halides is 3. The highest BCUT2D eigenvalue weighted by Crippen LogP contribution is 2.24. The molecule has 0 aliphatic heterocycles. The fraction of sp³-hybridized carbons (Fsp3) is 0.333. The average molecular weight is 279 g/mol. The van der Waals surface area contributed by atoms with Gasteiger partial charge in [-0.2, -0.15) is 5.26 Å². The fourth-order valence-corrected chi connectivity index (χ4v) is 1.48. The largest absolute Gasteiger partial charge is 0.265 e. The van der Waals surface area contributed by atoms with Crippen molar-refractivity contribution in [3.63, 3.8) is 0 Å². The summed E-state index contributed by atoms with van der Waals surface area (Å²) in [5.74, 6) is -0.788. The van der Waals surface area contributed by atoms with Crippen molar-refractivity contribution < 1.29 is 13.2 Å². The number of nitrogens with zero attached hydrogens (tertiary/aromatic N) is 2.